The van der Waals surface area contributed by atoms with Gasteiger partial charge in [-0.1, -0.05) is 6.07 Å². The van der Waals surface area contributed by atoms with Crippen molar-refractivity contribution in [3.8, 4) is 11.5 Å². The minimum absolute atomic E-state index is 0. The Balaban J connectivity index is 0.00000205. The summed E-state index contributed by atoms with van der Waals surface area (Å²) in [6.45, 7) is 4.64. The highest BCUT2D eigenvalue weighted by Crippen LogP contribution is 2.50. The number of rotatable bonds is 3. The third-order valence-electron chi connectivity index (χ3n) is 6.38. The summed E-state index contributed by atoms with van der Waals surface area (Å²) in [7, 11) is 0. The van der Waals surface area contributed by atoms with Gasteiger partial charge in [0.15, 0.2) is 11.5 Å². The van der Waals surface area contributed by atoms with Crippen LogP contribution in [-0.4, -0.2) is 73.6 Å². The minimum atomic E-state index is 0. The van der Waals surface area contributed by atoms with Gasteiger partial charge in [0.25, 0.3) is 0 Å². The fraction of sp³-hybridized carbons (Fsp3) is 0.619. The quantitative estimate of drug-likeness (QED) is 0.799. The fourth-order valence-corrected chi connectivity index (χ4v) is 4.78. The Kier molecular flexibility index (Phi) is 5.88. The molecule has 3 unspecified atom stereocenters. The van der Waals surface area contributed by atoms with Gasteiger partial charge in [-0.2, -0.15) is 0 Å². The summed E-state index contributed by atoms with van der Waals surface area (Å²) in [5.41, 5.74) is 1.16. The molecule has 1 aromatic rings. The van der Waals surface area contributed by atoms with Crippen molar-refractivity contribution in [1.82, 2.24) is 15.1 Å². The molecule has 5 rings (SSSR count). The number of piperazine rings is 1. The van der Waals surface area contributed by atoms with Crippen LogP contribution in [0.15, 0.2) is 18.2 Å². The molecule has 29 heavy (non-hydrogen) atoms. The third-order valence-corrected chi connectivity index (χ3v) is 6.38. The van der Waals surface area contributed by atoms with E-state index in [1.165, 1.54) is 0 Å². The molecular weight excluding hydrogens is 394 g/mol. The molecule has 0 aromatic heterocycles. The number of carbonyl (C=O) groups is 2. The van der Waals surface area contributed by atoms with E-state index in [1.807, 2.05) is 21.9 Å². The number of carbonyl (C=O) groups excluding carboxylic acids is 2. The number of fused-ring (bicyclic) bond motifs is 1. The van der Waals surface area contributed by atoms with Gasteiger partial charge in [-0.25, -0.2) is 0 Å². The number of benzene rings is 1. The van der Waals surface area contributed by atoms with E-state index in [9.17, 15) is 9.59 Å². The van der Waals surface area contributed by atoms with Crippen LogP contribution in [0.25, 0.3) is 0 Å². The highest BCUT2D eigenvalue weighted by Gasteiger charge is 2.47. The van der Waals surface area contributed by atoms with E-state index in [2.05, 4.69) is 11.4 Å². The summed E-state index contributed by atoms with van der Waals surface area (Å²) < 4.78 is 11.3. The smallest absolute Gasteiger partial charge is 0.236 e. The largest absolute Gasteiger partial charge is 0.486 e. The number of halogens is 1. The molecule has 0 spiro atoms. The molecular formula is C21H28ClN3O4. The van der Waals surface area contributed by atoms with Crippen LogP contribution in [0.3, 0.4) is 0 Å². The van der Waals surface area contributed by atoms with Crippen LogP contribution < -0.4 is 14.8 Å². The first-order valence-electron chi connectivity index (χ1n) is 10.4. The second kappa shape index (κ2) is 8.40. The number of nitrogens with zero attached hydrogens (tertiary/aromatic N) is 2. The zero-order chi connectivity index (χ0) is 19.1. The van der Waals surface area contributed by atoms with Crippen molar-refractivity contribution in [1.29, 1.82) is 0 Å². The number of hydrogen-bond donors (Lipinski definition) is 1. The van der Waals surface area contributed by atoms with E-state index in [-0.39, 0.29) is 42.1 Å². The van der Waals surface area contributed by atoms with Gasteiger partial charge in [-0.15, -0.1) is 12.4 Å². The van der Waals surface area contributed by atoms with Crippen LogP contribution >= 0.6 is 12.4 Å². The second-order valence-electron chi connectivity index (χ2n) is 8.20. The van der Waals surface area contributed by atoms with E-state index >= 15 is 0 Å². The van der Waals surface area contributed by atoms with Gasteiger partial charge < -0.3 is 24.6 Å². The molecule has 158 valence electrons. The topological polar surface area (TPSA) is 71.1 Å². The number of likely N-dealkylation sites (tertiary alicyclic amines) is 1. The fourth-order valence-electron chi connectivity index (χ4n) is 4.78. The first-order valence-corrected chi connectivity index (χ1v) is 10.4. The zero-order valence-corrected chi connectivity index (χ0v) is 17.3. The van der Waals surface area contributed by atoms with Crippen molar-refractivity contribution in [2.75, 3.05) is 45.9 Å². The zero-order valence-electron chi connectivity index (χ0n) is 16.5. The van der Waals surface area contributed by atoms with Gasteiger partial charge in [0, 0.05) is 38.1 Å². The summed E-state index contributed by atoms with van der Waals surface area (Å²) in [6.07, 6.45) is 2.85. The van der Waals surface area contributed by atoms with Gasteiger partial charge in [0.1, 0.15) is 13.2 Å². The normalized spacial score (nSPS) is 28.6. The van der Waals surface area contributed by atoms with Crippen LogP contribution in [0.5, 0.6) is 11.5 Å². The molecule has 3 heterocycles. The predicted molar refractivity (Wildman–Crippen MR) is 110 cm³/mol. The van der Waals surface area contributed by atoms with Crippen LogP contribution in [0.2, 0.25) is 0 Å². The standard InChI is InChI=1S/C21H27N3O4.ClH/c25-20-12-22-5-7-24(20)15-2-1-6-23(13-15)21(26)17-11-16(17)14-3-4-18-19(10-14)28-9-8-27-18;/h3-4,10,15-17,22H,1-2,5-9,11-13H2;1H. The molecule has 1 saturated carbocycles. The first-order chi connectivity index (χ1) is 13.7. The Labute approximate surface area is 177 Å². The maximum Gasteiger partial charge on any atom is 0.236 e. The SMILES string of the molecule is Cl.O=C(C1CC1c1ccc2c(c1)OCCO2)N1CCCC(N2CCNCC2=O)C1. The van der Waals surface area contributed by atoms with Crippen molar-refractivity contribution in [3.05, 3.63) is 23.8 Å². The minimum Gasteiger partial charge on any atom is -0.486 e. The summed E-state index contributed by atoms with van der Waals surface area (Å²) in [4.78, 5) is 29.3. The molecule has 1 aromatic carbocycles. The lowest BCUT2D eigenvalue weighted by atomic mass is 10.0. The maximum atomic E-state index is 13.1. The molecule has 4 aliphatic rings. The van der Waals surface area contributed by atoms with E-state index in [0.29, 0.717) is 26.3 Å². The summed E-state index contributed by atoms with van der Waals surface area (Å²) in [5.74, 6) is 2.30. The lowest BCUT2D eigenvalue weighted by Crippen LogP contribution is -2.57. The molecule has 3 fully saturated rings. The Bertz CT molecular complexity index is 789. The molecule has 0 bridgehead atoms. The average molecular weight is 422 g/mol. The average Bonchev–Trinajstić information content (AvgIpc) is 3.54. The molecule has 8 heteroatoms. The van der Waals surface area contributed by atoms with Crippen LogP contribution in [0.4, 0.5) is 0 Å². The summed E-state index contributed by atoms with van der Waals surface area (Å²) in [5, 5.41) is 3.12. The van der Waals surface area contributed by atoms with Gasteiger partial charge in [0.05, 0.1) is 6.54 Å². The van der Waals surface area contributed by atoms with Crippen LogP contribution in [0, 0.1) is 5.92 Å². The van der Waals surface area contributed by atoms with E-state index in [0.717, 1.165) is 56.0 Å². The molecule has 0 radical (unpaired) electrons. The number of piperidine rings is 1. The lowest BCUT2D eigenvalue weighted by Gasteiger charge is -2.41. The van der Waals surface area contributed by atoms with Gasteiger partial charge in [0.2, 0.25) is 11.8 Å². The van der Waals surface area contributed by atoms with Crippen molar-refractivity contribution >= 4 is 24.2 Å². The van der Waals surface area contributed by atoms with Crippen molar-refractivity contribution < 1.29 is 19.1 Å². The highest BCUT2D eigenvalue weighted by molar-refractivity contribution is 5.85. The molecule has 1 N–H and O–H groups in total. The van der Waals surface area contributed by atoms with Crippen molar-refractivity contribution in [2.24, 2.45) is 5.92 Å². The number of amides is 2. The summed E-state index contributed by atoms with van der Waals surface area (Å²) >= 11 is 0. The van der Waals surface area contributed by atoms with Gasteiger partial charge in [-0.05, 0) is 42.9 Å². The molecule has 7 nitrogen and oxygen atoms in total. The molecule has 2 amide bonds. The molecule has 1 aliphatic carbocycles. The number of hydrogen-bond acceptors (Lipinski definition) is 5. The lowest BCUT2D eigenvalue weighted by molar-refractivity contribution is -0.141. The Morgan fingerprint density at radius 1 is 1.14 bits per heavy atom. The number of ether oxygens (including phenoxy) is 2. The van der Waals surface area contributed by atoms with E-state index in [4.69, 9.17) is 9.47 Å². The maximum absolute atomic E-state index is 13.1. The first kappa shape index (κ1) is 20.3. The highest BCUT2D eigenvalue weighted by atomic mass is 35.5. The van der Waals surface area contributed by atoms with Crippen LogP contribution in [-0.2, 0) is 9.59 Å². The van der Waals surface area contributed by atoms with Gasteiger partial charge in [-0.3, -0.25) is 9.59 Å². The van der Waals surface area contributed by atoms with E-state index < -0.39 is 0 Å². The Hall–Kier alpha value is -1.99. The monoisotopic (exact) mass is 421 g/mol. The summed E-state index contributed by atoms with van der Waals surface area (Å²) in [6, 6.07) is 6.21. The molecule has 3 aliphatic heterocycles. The predicted octanol–water partition coefficient (Wildman–Crippen LogP) is 1.41. The number of nitrogens with one attached hydrogen (secondary N) is 1. The van der Waals surface area contributed by atoms with Crippen molar-refractivity contribution in [3.63, 3.8) is 0 Å². The molecule has 2 saturated heterocycles. The van der Waals surface area contributed by atoms with Gasteiger partial charge >= 0.3 is 0 Å². The Morgan fingerprint density at radius 2 is 1.97 bits per heavy atom. The van der Waals surface area contributed by atoms with Crippen molar-refractivity contribution in [2.45, 2.75) is 31.2 Å². The second-order valence-corrected chi connectivity index (χ2v) is 8.20. The molecule has 3 atom stereocenters. The third kappa shape index (κ3) is 4.03. The van der Waals surface area contributed by atoms with E-state index in [1.54, 1.807) is 0 Å². The Morgan fingerprint density at radius 3 is 2.79 bits per heavy atom. The van der Waals surface area contributed by atoms with Crippen LogP contribution in [0.1, 0.15) is 30.7 Å².